The van der Waals surface area contributed by atoms with Crippen LogP contribution in [-0.4, -0.2) is 92.7 Å². The lowest BCUT2D eigenvalue weighted by atomic mass is 10.1. The Kier molecular flexibility index (Phi) is 33.3. The molecule has 0 radical (unpaired) electrons. The molecule has 0 bridgehead atoms. The standard InChI is InChI=1S/C18H19BrFNO4S2.C11H14BrNO2S.C8H9BrFN.C7H5BrO.C7H7FO2S.C4H11NO2S.ClH/c1-18(2,3)27(24,25)21-16(13-8-7-9-14(19)12-13)17(20)26(22,23)15-10-5-4-6-11-15;1-11(2,3)16(14,15)13-8-9-5-4-6-10(12)7-9;9-7-3-1-2-6(4-7)8(11)5-10;8-7-3-1-2-6(4-7)5-9;8-6-11(9,10)7-4-2-1-3-5-7;1-4(2,3)8(5,6)7;/h4-12,17H,1-3H3;4-8H,1-3H3;1-4,8H,5,11H2;1-5H;1-5H,6H2;1-3H3,(H2,5,6,7);1H/t;;8-;;;;/m..1..../s1. The Morgan fingerprint density at radius 1 is 0.542 bits per heavy atom. The van der Waals surface area contributed by atoms with E-state index in [2.05, 4.69) is 72.5 Å². The molecule has 2 atom stereocenters. The minimum absolute atomic E-state index is 0. The second-order valence-electron chi connectivity index (χ2n) is 19.8. The molecule has 0 aromatic heterocycles. The zero-order valence-electron chi connectivity index (χ0n) is 46.4. The summed E-state index contributed by atoms with van der Waals surface area (Å²) < 4.78 is 163. The van der Waals surface area contributed by atoms with E-state index in [0.29, 0.717) is 10.0 Å². The maximum absolute atomic E-state index is 15.3. The van der Waals surface area contributed by atoms with Crippen molar-refractivity contribution in [3.05, 3.63) is 198 Å². The van der Waals surface area contributed by atoms with Gasteiger partial charge in [-0.15, -0.1) is 12.4 Å². The first-order chi connectivity index (χ1) is 37.6. The molecule has 0 spiro atoms. The van der Waals surface area contributed by atoms with E-state index in [0.717, 1.165) is 30.8 Å². The number of sulfone groups is 2. The van der Waals surface area contributed by atoms with Crippen molar-refractivity contribution in [2.75, 3.05) is 12.7 Å². The molecule has 83 heavy (non-hydrogen) atoms. The van der Waals surface area contributed by atoms with Crippen LogP contribution in [0.1, 0.15) is 95.4 Å². The van der Waals surface area contributed by atoms with Gasteiger partial charge in [0, 0.05) is 35.2 Å². The maximum Gasteiger partial charge on any atom is 0.258 e. The minimum atomic E-state index is -4.49. The number of nitrogens with zero attached hydrogens (tertiary/aromatic N) is 2. The van der Waals surface area contributed by atoms with E-state index in [4.69, 9.17) is 10.9 Å². The van der Waals surface area contributed by atoms with E-state index in [9.17, 15) is 55.7 Å². The number of hydrogen-bond donors (Lipinski definition) is 2. The van der Waals surface area contributed by atoms with Crippen molar-refractivity contribution in [2.24, 2.45) is 19.7 Å². The number of hydrogen-bond acceptors (Lipinski definition) is 12. The van der Waals surface area contributed by atoms with E-state index in [1.54, 1.807) is 96.1 Å². The molecule has 1 unspecified atom stereocenters. The molecular weight excluding hydrogens is 1470 g/mol. The summed E-state index contributed by atoms with van der Waals surface area (Å²) in [5.41, 5.74) is 4.48. The Bertz CT molecular complexity index is 3670. The lowest BCUT2D eigenvalue weighted by molar-refractivity contribution is 0.112. The Morgan fingerprint density at radius 3 is 1.31 bits per heavy atom. The van der Waals surface area contributed by atoms with Crippen LogP contribution >= 0.6 is 76.1 Å². The molecule has 0 amide bonds. The predicted octanol–water partition coefficient (Wildman–Crippen LogP) is 13.7. The second kappa shape index (κ2) is 35.0. The third-order valence-electron chi connectivity index (χ3n) is 10.2. The van der Waals surface area contributed by atoms with Gasteiger partial charge in [0.05, 0.1) is 30.1 Å². The summed E-state index contributed by atoms with van der Waals surface area (Å²) in [7, 11) is -19.1. The SMILES string of the molecule is CC(C)(C)S(=O)(=O)N=C(c1cccc(Br)c1)C(F)S(=O)(=O)c1ccccc1.CC(C)(C)S(=O)(=O)N=Cc1cccc(Br)c1.CC(C)(C)S(N)(=O)=O.Cl.N[C@H](CF)c1cccc(Br)c1.O=Cc1cccc(Br)c1.O=S(=O)(CF)c1ccccc1. The number of primary sulfonamides is 1. The van der Waals surface area contributed by atoms with Crippen molar-refractivity contribution < 1.29 is 60.1 Å². The smallest absolute Gasteiger partial charge is 0.258 e. The largest absolute Gasteiger partial charge is 0.322 e. The van der Waals surface area contributed by atoms with Gasteiger partial charge in [0.1, 0.15) is 18.7 Å². The lowest BCUT2D eigenvalue weighted by Gasteiger charge is -2.19. The average Bonchev–Trinajstić information content (AvgIpc) is 3.45. The third-order valence-corrected chi connectivity index (χ3v) is 20.7. The molecule has 0 saturated carbocycles. The zero-order chi connectivity index (χ0) is 63.1. The van der Waals surface area contributed by atoms with Gasteiger partial charge in [-0.2, -0.15) is 8.80 Å². The van der Waals surface area contributed by atoms with Crippen molar-refractivity contribution in [2.45, 2.75) is 97.9 Å². The van der Waals surface area contributed by atoms with Crippen LogP contribution in [0.3, 0.4) is 0 Å². The first-order valence-electron chi connectivity index (χ1n) is 23.8. The van der Waals surface area contributed by atoms with Crippen molar-refractivity contribution in [3.63, 3.8) is 0 Å². The van der Waals surface area contributed by atoms with Gasteiger partial charge in [0.15, 0.2) is 6.01 Å². The molecule has 0 aliphatic heterocycles. The van der Waals surface area contributed by atoms with E-state index >= 15 is 4.39 Å². The van der Waals surface area contributed by atoms with Gasteiger partial charge in [-0.1, -0.05) is 149 Å². The summed E-state index contributed by atoms with van der Waals surface area (Å²) in [6, 6.07) is 40.7. The number of benzene rings is 6. The van der Waals surface area contributed by atoms with Crippen molar-refractivity contribution in [1.29, 1.82) is 0 Å². The van der Waals surface area contributed by atoms with E-state index in [-0.39, 0.29) is 27.8 Å². The number of alkyl halides is 3. The van der Waals surface area contributed by atoms with E-state index in [1.807, 2.05) is 54.6 Å². The van der Waals surface area contributed by atoms with Gasteiger partial charge < -0.3 is 5.73 Å². The van der Waals surface area contributed by atoms with Gasteiger partial charge in [-0.25, -0.2) is 60.4 Å². The number of carbonyl (C=O) groups is 1. The maximum atomic E-state index is 15.3. The Labute approximate surface area is 527 Å². The summed E-state index contributed by atoms with van der Waals surface area (Å²) in [5.74, 6) is 0. The van der Waals surface area contributed by atoms with Crippen LogP contribution < -0.4 is 10.9 Å². The van der Waals surface area contributed by atoms with Crippen LogP contribution in [0.15, 0.2) is 194 Å². The molecule has 458 valence electrons. The summed E-state index contributed by atoms with van der Waals surface area (Å²) in [6.45, 7) is 13.3. The highest BCUT2D eigenvalue weighted by atomic mass is 79.9. The molecule has 6 rings (SSSR count). The molecular formula is C55H66Br4ClF3N4O11S5. The normalized spacial score (nSPS) is 12.9. The molecule has 0 aliphatic rings. The Hall–Kier alpha value is -4.00. The third kappa shape index (κ3) is 27.9. The molecule has 0 aliphatic carbocycles. The van der Waals surface area contributed by atoms with Gasteiger partial charge >= 0.3 is 0 Å². The fourth-order valence-electron chi connectivity index (χ4n) is 4.99. The van der Waals surface area contributed by atoms with Gasteiger partial charge in [-0.3, -0.25) is 4.79 Å². The lowest BCUT2D eigenvalue weighted by Crippen LogP contribution is -2.34. The van der Waals surface area contributed by atoms with E-state index < -0.39 is 93.9 Å². The fraction of sp³-hybridized carbons (Fsp3) is 0.291. The number of nitrogens with two attached hydrogens (primary N) is 2. The summed E-state index contributed by atoms with van der Waals surface area (Å²) in [5, 5.41) is 4.78. The molecule has 15 nitrogen and oxygen atoms in total. The van der Waals surface area contributed by atoms with Crippen molar-refractivity contribution in [1.82, 2.24) is 0 Å². The summed E-state index contributed by atoms with van der Waals surface area (Å²) in [4.78, 5) is 9.91. The molecule has 28 heteroatoms. The number of halogens is 8. The zero-order valence-corrected chi connectivity index (χ0v) is 57.6. The first-order valence-corrected chi connectivity index (χ1v) is 34.6. The van der Waals surface area contributed by atoms with Crippen LogP contribution in [0.2, 0.25) is 0 Å². The molecule has 0 fully saturated rings. The second-order valence-corrected chi connectivity index (χ2v) is 34.4. The van der Waals surface area contributed by atoms with Crippen molar-refractivity contribution >= 4 is 144 Å². The number of carbonyl (C=O) groups excluding carboxylic acids is 1. The van der Waals surface area contributed by atoms with E-state index in [1.165, 1.54) is 75.5 Å². The fourth-order valence-corrected chi connectivity index (χ4v) is 9.97. The number of rotatable bonds is 12. The van der Waals surface area contributed by atoms with Gasteiger partial charge in [0.2, 0.25) is 35.2 Å². The van der Waals surface area contributed by atoms with Gasteiger partial charge in [0.25, 0.3) is 20.0 Å². The molecule has 6 aromatic rings. The van der Waals surface area contributed by atoms with Crippen LogP contribution in [0.25, 0.3) is 0 Å². The van der Waals surface area contributed by atoms with Crippen molar-refractivity contribution in [3.8, 4) is 0 Å². The highest BCUT2D eigenvalue weighted by molar-refractivity contribution is 9.11. The Morgan fingerprint density at radius 2 is 0.940 bits per heavy atom. The number of aldehydes is 1. The van der Waals surface area contributed by atoms with Gasteiger partial charge in [-0.05, 0) is 146 Å². The first kappa shape index (κ1) is 79.0. The summed E-state index contributed by atoms with van der Waals surface area (Å²) in [6.07, 6.45) is 2.19. The monoisotopic (exact) mass is 1530 g/mol. The topological polar surface area (TPSA) is 265 Å². The minimum Gasteiger partial charge on any atom is -0.322 e. The van der Waals surface area contributed by atoms with Crippen LogP contribution in [0.5, 0.6) is 0 Å². The molecule has 4 N–H and O–H groups in total. The molecule has 0 heterocycles. The van der Waals surface area contributed by atoms with Crippen LogP contribution in [0, 0.1) is 0 Å². The molecule has 0 saturated heterocycles. The highest BCUT2D eigenvalue weighted by Crippen LogP contribution is 2.27. The summed E-state index contributed by atoms with van der Waals surface area (Å²) >= 11 is 13.1. The highest BCUT2D eigenvalue weighted by Gasteiger charge is 2.37. The van der Waals surface area contributed by atoms with Crippen LogP contribution in [-0.2, 0) is 49.7 Å². The quantitative estimate of drug-likeness (QED) is 0.0856. The molecule has 6 aromatic carbocycles. The predicted molar refractivity (Wildman–Crippen MR) is 345 cm³/mol. The average molecular weight is 1530 g/mol. The Balaban J connectivity index is 0.00000103. The number of sulfonamides is 3. The van der Waals surface area contributed by atoms with Crippen LogP contribution in [0.4, 0.5) is 13.2 Å².